The van der Waals surface area contributed by atoms with E-state index >= 15 is 0 Å². The fourth-order valence-electron chi connectivity index (χ4n) is 2.78. The van der Waals surface area contributed by atoms with Crippen LogP contribution >= 0.6 is 0 Å². The first-order valence-corrected chi connectivity index (χ1v) is 8.05. The Bertz CT molecular complexity index is 959. The minimum absolute atomic E-state index is 0.578. The van der Waals surface area contributed by atoms with E-state index in [1.54, 1.807) is 39.8 Å². The van der Waals surface area contributed by atoms with Crippen molar-refractivity contribution in [3.05, 3.63) is 53.5 Å². The van der Waals surface area contributed by atoms with Gasteiger partial charge in [-0.3, -0.25) is 0 Å². The summed E-state index contributed by atoms with van der Waals surface area (Å²) in [5, 5.41) is 12.4. The molecule has 2 heterocycles. The van der Waals surface area contributed by atoms with Crippen LogP contribution in [0, 0.1) is 11.3 Å². The van der Waals surface area contributed by atoms with E-state index in [-0.39, 0.29) is 0 Å². The number of imidazole rings is 1. The summed E-state index contributed by atoms with van der Waals surface area (Å²) in [5.74, 6) is 2.00. The molecular formula is C19H20N4O3. The third kappa shape index (κ3) is 3.41. The highest BCUT2D eigenvalue weighted by Crippen LogP contribution is 2.34. The molecule has 0 fully saturated rings. The fourth-order valence-corrected chi connectivity index (χ4v) is 2.78. The normalized spacial score (nSPS) is 10.5. The molecule has 1 aromatic carbocycles. The first-order chi connectivity index (χ1) is 12.7. The van der Waals surface area contributed by atoms with Crippen molar-refractivity contribution >= 4 is 5.65 Å². The number of hydrogen-bond donors (Lipinski definition) is 1. The van der Waals surface area contributed by atoms with E-state index in [4.69, 9.17) is 19.5 Å². The van der Waals surface area contributed by atoms with E-state index in [1.165, 1.54) is 0 Å². The topological polar surface area (TPSA) is 80.8 Å². The molecule has 0 amide bonds. The standard InChI is InChI=1S/C19H20N4O3/c1-24-16-7-18(26-3)17(25-2)6-14(16)9-21-10-15-11-22-19-5-4-13(8-20)12-23(15)19/h4-7,11-12,21H,9-10H2,1-3H3. The Morgan fingerprint density at radius 1 is 1.04 bits per heavy atom. The van der Waals surface area contributed by atoms with Gasteiger partial charge in [0.25, 0.3) is 0 Å². The molecule has 0 bridgehead atoms. The second-order valence-electron chi connectivity index (χ2n) is 5.63. The average Bonchev–Trinajstić information content (AvgIpc) is 3.09. The van der Waals surface area contributed by atoms with Gasteiger partial charge in [0.15, 0.2) is 11.5 Å². The summed E-state index contributed by atoms with van der Waals surface area (Å²) in [5.41, 5.74) is 3.33. The summed E-state index contributed by atoms with van der Waals surface area (Å²) >= 11 is 0. The lowest BCUT2D eigenvalue weighted by molar-refractivity contribution is 0.347. The quantitative estimate of drug-likeness (QED) is 0.704. The smallest absolute Gasteiger partial charge is 0.164 e. The number of nitrogens with zero attached hydrogens (tertiary/aromatic N) is 3. The summed E-state index contributed by atoms with van der Waals surface area (Å²) in [6.45, 7) is 1.17. The SMILES string of the molecule is COc1cc(OC)c(OC)cc1CNCc1cnc2ccc(C#N)cn12. The number of fused-ring (bicyclic) bond motifs is 1. The van der Waals surface area contributed by atoms with Crippen molar-refractivity contribution in [3.8, 4) is 23.3 Å². The number of hydrogen-bond acceptors (Lipinski definition) is 6. The molecule has 7 nitrogen and oxygen atoms in total. The third-order valence-electron chi connectivity index (χ3n) is 4.12. The van der Waals surface area contributed by atoms with E-state index in [0.29, 0.717) is 30.2 Å². The van der Waals surface area contributed by atoms with Crippen LogP contribution in [0.1, 0.15) is 16.8 Å². The molecule has 2 aromatic heterocycles. The van der Waals surface area contributed by atoms with Crippen LogP contribution in [0.3, 0.4) is 0 Å². The lowest BCUT2D eigenvalue weighted by Crippen LogP contribution is -2.15. The van der Waals surface area contributed by atoms with Crippen LogP contribution in [0.25, 0.3) is 5.65 Å². The molecule has 0 aliphatic rings. The highest BCUT2D eigenvalue weighted by molar-refractivity contribution is 5.50. The average molecular weight is 352 g/mol. The van der Waals surface area contributed by atoms with E-state index in [0.717, 1.165) is 22.7 Å². The van der Waals surface area contributed by atoms with Gasteiger partial charge in [-0.25, -0.2) is 4.98 Å². The minimum atomic E-state index is 0.578. The summed E-state index contributed by atoms with van der Waals surface area (Å²) in [6, 6.07) is 9.44. The van der Waals surface area contributed by atoms with Crippen LogP contribution < -0.4 is 19.5 Å². The predicted octanol–water partition coefficient (Wildman–Crippen LogP) is 2.52. The summed E-state index contributed by atoms with van der Waals surface area (Å²) < 4.78 is 18.0. The fraction of sp³-hybridized carbons (Fsp3) is 0.263. The van der Waals surface area contributed by atoms with Gasteiger partial charge in [0, 0.05) is 30.9 Å². The third-order valence-corrected chi connectivity index (χ3v) is 4.12. The van der Waals surface area contributed by atoms with E-state index in [2.05, 4.69) is 16.4 Å². The van der Waals surface area contributed by atoms with Gasteiger partial charge in [-0.1, -0.05) is 0 Å². The molecule has 0 radical (unpaired) electrons. The van der Waals surface area contributed by atoms with Crippen LogP contribution in [-0.2, 0) is 13.1 Å². The maximum Gasteiger partial charge on any atom is 0.164 e. The number of aromatic nitrogens is 2. The second-order valence-corrected chi connectivity index (χ2v) is 5.63. The van der Waals surface area contributed by atoms with Crippen LogP contribution in [-0.4, -0.2) is 30.7 Å². The molecule has 0 saturated heterocycles. The van der Waals surface area contributed by atoms with Gasteiger partial charge >= 0.3 is 0 Å². The Kier molecular flexibility index (Phi) is 5.25. The summed E-state index contributed by atoms with van der Waals surface area (Å²) in [6.07, 6.45) is 3.59. The van der Waals surface area contributed by atoms with Crippen molar-refractivity contribution < 1.29 is 14.2 Å². The molecule has 3 aromatic rings. The van der Waals surface area contributed by atoms with E-state index in [1.807, 2.05) is 22.6 Å². The van der Waals surface area contributed by atoms with Crippen molar-refractivity contribution in [2.75, 3.05) is 21.3 Å². The van der Waals surface area contributed by atoms with Crippen molar-refractivity contribution in [3.63, 3.8) is 0 Å². The molecule has 0 aliphatic heterocycles. The van der Waals surface area contributed by atoms with E-state index < -0.39 is 0 Å². The van der Waals surface area contributed by atoms with Crippen molar-refractivity contribution in [1.82, 2.24) is 14.7 Å². The monoisotopic (exact) mass is 352 g/mol. The lowest BCUT2D eigenvalue weighted by Gasteiger charge is -2.14. The Hall–Kier alpha value is -3.24. The molecule has 3 rings (SSSR count). The predicted molar refractivity (Wildman–Crippen MR) is 96.5 cm³/mol. The van der Waals surface area contributed by atoms with Crippen molar-refractivity contribution in [1.29, 1.82) is 5.26 Å². The largest absolute Gasteiger partial charge is 0.496 e. The maximum absolute atomic E-state index is 9.06. The molecule has 26 heavy (non-hydrogen) atoms. The minimum Gasteiger partial charge on any atom is -0.496 e. The van der Waals surface area contributed by atoms with Crippen molar-refractivity contribution in [2.24, 2.45) is 0 Å². The molecule has 0 unspecified atom stereocenters. The first kappa shape index (κ1) is 17.6. The highest BCUT2D eigenvalue weighted by atomic mass is 16.5. The van der Waals surface area contributed by atoms with Crippen molar-refractivity contribution in [2.45, 2.75) is 13.1 Å². The number of nitrogens with one attached hydrogen (secondary N) is 1. The van der Waals surface area contributed by atoms with Gasteiger partial charge in [0.2, 0.25) is 0 Å². The lowest BCUT2D eigenvalue weighted by atomic mass is 10.1. The van der Waals surface area contributed by atoms with E-state index in [9.17, 15) is 0 Å². The molecule has 7 heteroatoms. The van der Waals surface area contributed by atoms with Crippen LogP contribution in [0.5, 0.6) is 17.2 Å². The Balaban J connectivity index is 1.77. The molecular weight excluding hydrogens is 332 g/mol. The zero-order valence-corrected chi connectivity index (χ0v) is 14.9. The number of pyridine rings is 1. The Labute approximate surface area is 151 Å². The molecule has 0 spiro atoms. The number of methoxy groups -OCH3 is 3. The number of nitriles is 1. The summed E-state index contributed by atoms with van der Waals surface area (Å²) in [4.78, 5) is 4.36. The van der Waals surface area contributed by atoms with Crippen LogP contribution in [0.2, 0.25) is 0 Å². The van der Waals surface area contributed by atoms with Gasteiger partial charge in [-0.05, 0) is 18.2 Å². The number of ether oxygens (including phenoxy) is 3. The second kappa shape index (κ2) is 7.76. The molecule has 0 atom stereocenters. The maximum atomic E-state index is 9.06. The van der Waals surface area contributed by atoms with Gasteiger partial charge in [-0.15, -0.1) is 0 Å². The number of rotatable bonds is 7. The summed E-state index contributed by atoms with van der Waals surface area (Å²) in [7, 11) is 4.82. The zero-order chi connectivity index (χ0) is 18.5. The Morgan fingerprint density at radius 3 is 2.46 bits per heavy atom. The molecule has 1 N–H and O–H groups in total. The first-order valence-electron chi connectivity index (χ1n) is 8.05. The zero-order valence-electron chi connectivity index (χ0n) is 14.9. The molecule has 0 aliphatic carbocycles. The number of benzene rings is 1. The Morgan fingerprint density at radius 2 is 1.77 bits per heavy atom. The molecule has 134 valence electrons. The van der Waals surface area contributed by atoms with Gasteiger partial charge in [0.05, 0.1) is 38.8 Å². The van der Waals surface area contributed by atoms with Crippen LogP contribution in [0.15, 0.2) is 36.7 Å². The van der Waals surface area contributed by atoms with Crippen LogP contribution in [0.4, 0.5) is 0 Å². The van der Waals surface area contributed by atoms with Gasteiger partial charge < -0.3 is 23.9 Å². The van der Waals surface area contributed by atoms with Gasteiger partial charge in [0.1, 0.15) is 17.5 Å². The van der Waals surface area contributed by atoms with Gasteiger partial charge in [-0.2, -0.15) is 5.26 Å². The highest BCUT2D eigenvalue weighted by Gasteiger charge is 2.12. The molecule has 0 saturated carbocycles.